The molecule has 0 saturated heterocycles. The Morgan fingerprint density at radius 3 is 1.70 bits per heavy atom. The zero-order valence-corrected chi connectivity index (χ0v) is 26.2. The first-order valence-electron chi connectivity index (χ1n) is 13.6. The average molecular weight is 705 g/mol. The first kappa shape index (κ1) is 35.5. The highest BCUT2D eigenvalue weighted by Gasteiger charge is 2.37. The fraction of sp³-hybridized carbons (Fsp3) is 0.385. The molecule has 2 aromatic carbocycles. The number of rotatable bonds is 3. The normalized spacial score (nSPS) is 14.0. The van der Waals surface area contributed by atoms with Crippen LogP contribution in [0.5, 0.6) is 0 Å². The summed E-state index contributed by atoms with van der Waals surface area (Å²) in [6.07, 6.45) is -6.59. The summed E-state index contributed by atoms with van der Waals surface area (Å²) in [5.41, 5.74) is 4.73. The van der Waals surface area contributed by atoms with E-state index in [1.165, 1.54) is 15.4 Å². The third kappa shape index (κ3) is 8.50. The van der Waals surface area contributed by atoms with Gasteiger partial charge in [0.15, 0.2) is 0 Å². The van der Waals surface area contributed by atoms with E-state index in [0.29, 0.717) is 47.8 Å². The summed E-state index contributed by atoms with van der Waals surface area (Å²) >= 11 is 2.23. The second kappa shape index (κ2) is 14.6. The fourth-order valence-corrected chi connectivity index (χ4v) is 6.96. The summed E-state index contributed by atoms with van der Waals surface area (Å²) < 4.78 is 80.3. The minimum absolute atomic E-state index is 0.0137. The van der Waals surface area contributed by atoms with Crippen molar-refractivity contribution in [2.24, 2.45) is 14.1 Å². The molecule has 252 valence electrons. The molecule has 0 aliphatic carbocycles. The van der Waals surface area contributed by atoms with Crippen LogP contribution in [0.3, 0.4) is 0 Å². The molecule has 4 N–H and O–H groups in total. The van der Waals surface area contributed by atoms with E-state index in [1.807, 2.05) is 0 Å². The van der Waals surface area contributed by atoms with Crippen LogP contribution in [0.25, 0.3) is 0 Å². The number of hydrogen-bond donors (Lipinski definition) is 3. The van der Waals surface area contributed by atoms with E-state index >= 15 is 0 Å². The summed E-state index contributed by atoms with van der Waals surface area (Å²) in [7, 11) is 3.23. The minimum Gasteiger partial charge on any atom is -0.478 e. The van der Waals surface area contributed by atoms with Crippen molar-refractivity contribution < 1.29 is 41.0 Å². The number of aromatic nitrogens is 8. The molecule has 4 heterocycles. The molecule has 1 amide bonds. The van der Waals surface area contributed by atoms with Gasteiger partial charge in [0.05, 0.1) is 16.7 Å². The van der Waals surface area contributed by atoms with Gasteiger partial charge in [-0.05, 0) is 93.4 Å². The molecule has 0 saturated carbocycles. The molecule has 6 rings (SSSR count). The number of tetrazole rings is 2. The summed E-state index contributed by atoms with van der Waals surface area (Å²) in [5, 5.41) is 32.2. The lowest BCUT2D eigenvalue weighted by Crippen LogP contribution is -2.20. The summed E-state index contributed by atoms with van der Waals surface area (Å²) in [4.78, 5) is 23.6. The quantitative estimate of drug-likeness (QED) is 0.250. The van der Waals surface area contributed by atoms with Gasteiger partial charge in [-0.2, -0.15) is 26.3 Å². The number of benzene rings is 2. The molecule has 13 nitrogen and oxygen atoms in total. The molecule has 0 atom stereocenters. The maximum absolute atomic E-state index is 13.1. The largest absolute Gasteiger partial charge is 0.478 e. The van der Waals surface area contributed by atoms with Gasteiger partial charge in [-0.15, -0.1) is 23.5 Å². The van der Waals surface area contributed by atoms with E-state index in [0.717, 1.165) is 48.1 Å². The van der Waals surface area contributed by atoms with Crippen LogP contribution in [0, 0.1) is 0 Å². The highest BCUT2D eigenvalue weighted by atomic mass is 32.2. The molecule has 2 aromatic heterocycles. The Kier molecular flexibility index (Phi) is 11.0. The van der Waals surface area contributed by atoms with Crippen LogP contribution in [0.1, 0.15) is 55.8 Å². The molecule has 0 radical (unpaired) electrons. The Morgan fingerprint density at radius 1 is 0.809 bits per heavy atom. The lowest BCUT2D eigenvalue weighted by Gasteiger charge is -2.22. The molecule has 0 unspecified atom stereocenters. The Bertz CT molecular complexity index is 1740. The molecule has 0 bridgehead atoms. The van der Waals surface area contributed by atoms with E-state index in [-0.39, 0.29) is 26.9 Å². The maximum Gasteiger partial charge on any atom is 0.417 e. The van der Waals surface area contributed by atoms with Crippen LogP contribution >= 0.6 is 23.5 Å². The Balaban J connectivity index is 0.000000182. The topological polar surface area (TPSA) is 180 Å². The zero-order valence-electron chi connectivity index (χ0n) is 24.6. The van der Waals surface area contributed by atoms with Crippen molar-refractivity contribution in [1.29, 1.82) is 0 Å². The number of nitrogens with zero attached hydrogens (tertiary/aromatic N) is 8. The first-order valence-corrected chi connectivity index (χ1v) is 15.5. The maximum atomic E-state index is 13.1. The average Bonchev–Trinajstić information content (AvgIpc) is 3.60. The predicted octanol–water partition coefficient (Wildman–Crippen LogP) is 4.75. The molecule has 0 fully saturated rings. The summed E-state index contributed by atoms with van der Waals surface area (Å²) in [6, 6.07) is 4.09. The molecule has 47 heavy (non-hydrogen) atoms. The van der Waals surface area contributed by atoms with Gasteiger partial charge < -0.3 is 10.8 Å². The molecular weight excluding hydrogens is 678 g/mol. The van der Waals surface area contributed by atoms with E-state index in [4.69, 9.17) is 10.8 Å². The summed E-state index contributed by atoms with van der Waals surface area (Å²) in [5.74, 6) is -0.0204. The van der Waals surface area contributed by atoms with Crippen molar-refractivity contribution in [2.75, 3.05) is 22.6 Å². The third-order valence-electron chi connectivity index (χ3n) is 6.74. The van der Waals surface area contributed by atoms with Crippen LogP contribution < -0.4 is 11.1 Å². The van der Waals surface area contributed by atoms with Gasteiger partial charge in [0.25, 0.3) is 5.91 Å². The van der Waals surface area contributed by atoms with Gasteiger partial charge in [0.1, 0.15) is 0 Å². The van der Waals surface area contributed by atoms with Gasteiger partial charge in [-0.3, -0.25) is 10.1 Å². The van der Waals surface area contributed by atoms with Crippen LogP contribution in [0.2, 0.25) is 0 Å². The van der Waals surface area contributed by atoms with E-state index in [9.17, 15) is 35.9 Å². The number of carbonyl (C=O) groups is 2. The standard InChI is InChI=1S/C13H12F3N5OS.C11H9F3O2S.C2H5N5/c1-21-12(18-19-20-21)17-11(22)8-4-5-9(13(14,15)16)10-7(8)3-2-6-23-10;12-11(13,14)8-4-3-7(10(15)16)6-2-1-5-17-9(6)8;1-7-2(3)4-5-6-7/h4-5H,2-3,6H2,1H3,(H,17,18,20,22);3-4H,1-2,5H2,(H,15,16);1H3,(H2,3,4,6). The second-order valence-electron chi connectivity index (χ2n) is 9.88. The highest BCUT2D eigenvalue weighted by Crippen LogP contribution is 2.44. The molecule has 21 heteroatoms. The number of thioether (sulfide) groups is 2. The first-order chi connectivity index (χ1) is 22.1. The lowest BCUT2D eigenvalue weighted by molar-refractivity contribution is -0.140. The van der Waals surface area contributed by atoms with E-state index < -0.39 is 35.4 Å². The van der Waals surface area contributed by atoms with Crippen molar-refractivity contribution in [3.63, 3.8) is 0 Å². The van der Waals surface area contributed by atoms with Gasteiger partial charge in [-0.25, -0.2) is 14.2 Å². The van der Waals surface area contributed by atoms with Crippen LogP contribution in [0.4, 0.5) is 38.2 Å². The molecule has 2 aliphatic heterocycles. The monoisotopic (exact) mass is 704 g/mol. The Morgan fingerprint density at radius 2 is 1.30 bits per heavy atom. The lowest BCUT2D eigenvalue weighted by atomic mass is 9.98. The number of carboxylic acid groups (broad SMARTS) is 1. The number of hydrogen-bond acceptors (Lipinski definition) is 11. The van der Waals surface area contributed by atoms with E-state index in [1.54, 1.807) is 14.1 Å². The zero-order chi connectivity index (χ0) is 34.5. The number of alkyl halides is 6. The number of nitrogen functional groups attached to an aromatic ring is 1. The van der Waals surface area contributed by atoms with E-state index in [2.05, 4.69) is 36.4 Å². The Hall–Kier alpha value is -4.40. The smallest absolute Gasteiger partial charge is 0.417 e. The number of halogens is 6. The molecular formula is C26H26F6N10O3S2. The third-order valence-corrected chi connectivity index (χ3v) is 9.24. The van der Waals surface area contributed by atoms with Crippen LogP contribution in [-0.4, -0.2) is 68.9 Å². The number of carboxylic acids is 1. The number of aromatic carboxylic acids is 1. The predicted molar refractivity (Wildman–Crippen MR) is 158 cm³/mol. The number of aryl methyl sites for hydroxylation is 2. The fourth-order valence-electron chi connectivity index (χ4n) is 4.53. The number of anilines is 2. The molecule has 4 aromatic rings. The highest BCUT2D eigenvalue weighted by molar-refractivity contribution is 7.99. The molecule has 2 aliphatic rings. The van der Waals surface area contributed by atoms with Gasteiger partial charge in [0.2, 0.25) is 11.9 Å². The second-order valence-corrected chi connectivity index (χ2v) is 12.1. The number of carbonyl (C=O) groups excluding carboxylic acids is 1. The number of nitrogens with two attached hydrogens (primary N) is 1. The van der Waals surface area contributed by atoms with Gasteiger partial charge in [0, 0.05) is 29.4 Å². The number of amides is 1. The van der Waals surface area contributed by atoms with Crippen molar-refractivity contribution in [2.45, 2.75) is 47.8 Å². The Labute approximate surface area is 270 Å². The SMILES string of the molecule is Cn1nnnc1N.Cn1nnnc1NC(=O)c1ccc(C(F)(F)F)c2c1CCCS2.O=C(O)c1ccc(C(F)(F)F)c2c1CCCS2. The van der Waals surface area contributed by atoms with Gasteiger partial charge >= 0.3 is 18.3 Å². The summed E-state index contributed by atoms with van der Waals surface area (Å²) in [6.45, 7) is 0. The van der Waals surface area contributed by atoms with Crippen LogP contribution in [0.15, 0.2) is 34.1 Å². The van der Waals surface area contributed by atoms with Crippen LogP contribution in [-0.2, 0) is 39.3 Å². The number of nitrogens with one attached hydrogen (secondary N) is 1. The minimum atomic E-state index is -4.43. The van der Waals surface area contributed by atoms with Crippen molar-refractivity contribution in [3.05, 3.63) is 57.6 Å². The van der Waals surface area contributed by atoms with Crippen molar-refractivity contribution >= 4 is 47.3 Å². The number of fused-ring (bicyclic) bond motifs is 2. The van der Waals surface area contributed by atoms with Gasteiger partial charge in [-0.1, -0.05) is 10.2 Å². The van der Waals surface area contributed by atoms with Crippen molar-refractivity contribution in [1.82, 2.24) is 40.4 Å². The van der Waals surface area contributed by atoms with Crippen molar-refractivity contribution in [3.8, 4) is 0 Å². The molecule has 0 spiro atoms.